The number of rotatable bonds is 7. The monoisotopic (exact) mass is 702 g/mol. The molecular formula is C45H32GeN4. The number of hydrogen-bond acceptors (Lipinski definition) is 3. The molecule has 2 aromatic heterocycles. The summed E-state index contributed by atoms with van der Waals surface area (Å²) in [6.07, 6.45) is 0. The summed E-state index contributed by atoms with van der Waals surface area (Å²) in [5.74, 6) is 1.88. The molecule has 4 nitrogen and oxygen atoms in total. The zero-order valence-corrected chi connectivity index (χ0v) is 29.4. The number of hydrogen-bond donors (Lipinski definition) is 0. The fraction of sp³-hybridized carbons (Fsp3) is 0. The summed E-state index contributed by atoms with van der Waals surface area (Å²) >= 11 is -3.52. The van der Waals surface area contributed by atoms with Crippen LogP contribution < -0.4 is 17.6 Å². The van der Waals surface area contributed by atoms with Crippen LogP contribution in [-0.4, -0.2) is 32.8 Å². The van der Waals surface area contributed by atoms with Crippen molar-refractivity contribution in [3.63, 3.8) is 0 Å². The molecule has 0 aliphatic heterocycles. The second-order valence-corrected chi connectivity index (χ2v) is 20.4. The molecule has 0 aliphatic carbocycles. The molecule has 0 bridgehead atoms. The summed E-state index contributed by atoms with van der Waals surface area (Å²) in [5.41, 5.74) is 4.02. The summed E-state index contributed by atoms with van der Waals surface area (Å²) in [5, 5.41) is 2.33. The van der Waals surface area contributed by atoms with Gasteiger partial charge >= 0.3 is 295 Å². The molecule has 0 spiro atoms. The van der Waals surface area contributed by atoms with Gasteiger partial charge in [-0.2, -0.15) is 0 Å². The summed E-state index contributed by atoms with van der Waals surface area (Å²) in [6, 6.07) is 69.3. The molecule has 2 heterocycles. The molecule has 0 N–H and O–H groups in total. The van der Waals surface area contributed by atoms with Crippen molar-refractivity contribution in [2.45, 2.75) is 0 Å². The average molecular weight is 701 g/mol. The molecule has 0 saturated carbocycles. The molecule has 0 atom stereocenters. The van der Waals surface area contributed by atoms with Crippen LogP contribution in [0, 0.1) is 0 Å². The SMILES string of the molecule is c1ccc(-c2nc(-c3ccc[c]([Ge]([c]4ccccc4)([c]4ccccc4)[c]4ccccc4)c3)nc(-n3c4ccccc4c4ccccc43)n2)cc1. The third kappa shape index (κ3) is 5.04. The first-order valence-electron chi connectivity index (χ1n) is 16.9. The molecule has 0 saturated heterocycles. The third-order valence-electron chi connectivity index (χ3n) is 9.61. The first-order chi connectivity index (χ1) is 24.8. The van der Waals surface area contributed by atoms with Gasteiger partial charge < -0.3 is 0 Å². The van der Waals surface area contributed by atoms with E-state index in [1.54, 1.807) is 0 Å². The molecule has 0 fully saturated rings. The molecular weight excluding hydrogens is 669 g/mol. The van der Waals surface area contributed by atoms with E-state index < -0.39 is 13.3 Å². The Morgan fingerprint density at radius 1 is 0.340 bits per heavy atom. The van der Waals surface area contributed by atoms with E-state index in [1.165, 1.54) is 28.4 Å². The van der Waals surface area contributed by atoms with Crippen LogP contribution in [0.4, 0.5) is 0 Å². The van der Waals surface area contributed by atoms with Crippen molar-refractivity contribution in [3.8, 4) is 28.7 Å². The van der Waals surface area contributed by atoms with Crippen molar-refractivity contribution < 1.29 is 0 Å². The summed E-state index contributed by atoms with van der Waals surface area (Å²) in [4.78, 5) is 15.6. The first-order valence-corrected chi connectivity index (χ1v) is 21.1. The number of aromatic nitrogens is 4. The molecule has 9 aromatic rings. The van der Waals surface area contributed by atoms with Crippen molar-refractivity contribution in [1.82, 2.24) is 19.5 Å². The van der Waals surface area contributed by atoms with Crippen molar-refractivity contribution >= 4 is 52.7 Å². The Morgan fingerprint density at radius 3 is 1.26 bits per heavy atom. The van der Waals surface area contributed by atoms with Crippen molar-refractivity contribution in [2.24, 2.45) is 0 Å². The number of fused-ring (bicyclic) bond motifs is 3. The number of nitrogens with zero attached hydrogens (tertiary/aromatic N) is 4. The molecule has 50 heavy (non-hydrogen) atoms. The summed E-state index contributed by atoms with van der Waals surface area (Å²) < 4.78 is 7.59. The van der Waals surface area contributed by atoms with E-state index in [4.69, 9.17) is 15.0 Å². The van der Waals surface area contributed by atoms with Crippen LogP contribution in [0.1, 0.15) is 0 Å². The van der Waals surface area contributed by atoms with E-state index >= 15 is 0 Å². The van der Waals surface area contributed by atoms with E-state index in [1.807, 2.05) is 18.2 Å². The van der Waals surface area contributed by atoms with Gasteiger partial charge in [-0.1, -0.05) is 0 Å². The summed E-state index contributed by atoms with van der Waals surface area (Å²) in [6.45, 7) is 0. The zero-order chi connectivity index (χ0) is 33.3. The van der Waals surface area contributed by atoms with Gasteiger partial charge in [-0.05, 0) is 0 Å². The number of benzene rings is 7. The van der Waals surface area contributed by atoms with Gasteiger partial charge in [-0.15, -0.1) is 0 Å². The van der Waals surface area contributed by atoms with Gasteiger partial charge in [0.25, 0.3) is 0 Å². The van der Waals surface area contributed by atoms with Gasteiger partial charge in [-0.25, -0.2) is 0 Å². The van der Waals surface area contributed by atoms with Crippen LogP contribution in [0.15, 0.2) is 194 Å². The Morgan fingerprint density at radius 2 is 0.740 bits per heavy atom. The normalized spacial score (nSPS) is 11.6. The third-order valence-corrected chi connectivity index (χ3v) is 19.6. The Kier molecular flexibility index (Phi) is 7.64. The van der Waals surface area contributed by atoms with Gasteiger partial charge in [0.2, 0.25) is 0 Å². The van der Waals surface area contributed by atoms with Gasteiger partial charge in [0.05, 0.1) is 0 Å². The predicted molar refractivity (Wildman–Crippen MR) is 209 cm³/mol. The van der Waals surface area contributed by atoms with Crippen LogP contribution in [0.5, 0.6) is 0 Å². The standard InChI is InChI=1S/C45H32GeN4/c1-5-18-33(19-6-1)43-47-44(49-45(48-43)50-41-30-15-13-28-39(41)40-29-14-16-31-42(40)50)34-20-17-27-38(32-34)46(35-21-7-2-8-22-35,36-23-9-3-10-24-36)37-25-11-4-12-26-37/h1-32H. The van der Waals surface area contributed by atoms with Crippen LogP contribution in [0.3, 0.4) is 0 Å². The van der Waals surface area contributed by atoms with Crippen molar-refractivity contribution in [1.29, 1.82) is 0 Å². The van der Waals surface area contributed by atoms with E-state index in [0.717, 1.165) is 22.2 Å². The Balaban J connectivity index is 1.32. The summed E-state index contributed by atoms with van der Waals surface area (Å²) in [7, 11) is 0. The predicted octanol–water partition coefficient (Wildman–Crippen LogP) is 7.68. The minimum absolute atomic E-state index is 0.596. The van der Waals surface area contributed by atoms with Gasteiger partial charge in [0.1, 0.15) is 0 Å². The second kappa shape index (κ2) is 12.7. The zero-order valence-electron chi connectivity index (χ0n) is 27.3. The quantitative estimate of drug-likeness (QED) is 0.160. The van der Waals surface area contributed by atoms with E-state index in [2.05, 4.69) is 180 Å². The van der Waals surface area contributed by atoms with Crippen LogP contribution in [-0.2, 0) is 0 Å². The van der Waals surface area contributed by atoms with E-state index in [0.29, 0.717) is 17.6 Å². The molecule has 0 unspecified atom stereocenters. The van der Waals surface area contributed by atoms with E-state index in [9.17, 15) is 0 Å². The molecule has 7 aromatic carbocycles. The van der Waals surface area contributed by atoms with Crippen LogP contribution >= 0.6 is 0 Å². The maximum atomic E-state index is 5.27. The first kappa shape index (κ1) is 30.0. The number of para-hydroxylation sites is 2. The van der Waals surface area contributed by atoms with Crippen molar-refractivity contribution in [2.75, 3.05) is 0 Å². The van der Waals surface area contributed by atoms with Gasteiger partial charge in [0, 0.05) is 0 Å². The fourth-order valence-electron chi connectivity index (χ4n) is 7.40. The molecule has 5 heteroatoms. The molecule has 0 amide bonds. The molecule has 0 radical (unpaired) electrons. The second-order valence-electron chi connectivity index (χ2n) is 12.4. The Labute approximate surface area is 293 Å². The molecule has 236 valence electrons. The van der Waals surface area contributed by atoms with Gasteiger partial charge in [0.15, 0.2) is 0 Å². The minimum atomic E-state index is -3.52. The fourth-order valence-corrected chi connectivity index (χ4v) is 17.5. The van der Waals surface area contributed by atoms with Crippen molar-refractivity contribution in [3.05, 3.63) is 194 Å². The van der Waals surface area contributed by atoms with Crippen LogP contribution in [0.25, 0.3) is 50.5 Å². The topological polar surface area (TPSA) is 43.6 Å². The Bertz CT molecular complexity index is 2440. The van der Waals surface area contributed by atoms with E-state index in [-0.39, 0.29) is 0 Å². The van der Waals surface area contributed by atoms with Gasteiger partial charge in [-0.3, -0.25) is 0 Å². The Hall–Kier alpha value is -6.11. The van der Waals surface area contributed by atoms with Crippen LogP contribution in [0.2, 0.25) is 0 Å². The molecule has 0 aliphatic rings. The maximum absolute atomic E-state index is 5.27. The molecule has 9 rings (SSSR count). The average Bonchev–Trinajstić information content (AvgIpc) is 3.54.